The fourth-order valence-corrected chi connectivity index (χ4v) is 2.23. The van der Waals surface area contributed by atoms with Crippen molar-refractivity contribution < 1.29 is 9.72 Å². The number of hydrogen-bond donors (Lipinski definition) is 0. The molecule has 0 fully saturated rings. The minimum absolute atomic E-state index is 0.00737. The van der Waals surface area contributed by atoms with Crippen molar-refractivity contribution in [3.63, 3.8) is 0 Å². The maximum atomic E-state index is 12.5. The molecule has 0 unspecified atom stereocenters. The lowest BCUT2D eigenvalue weighted by Gasteiger charge is -2.04. The first kappa shape index (κ1) is 13.3. The Morgan fingerprint density at radius 1 is 1.24 bits per heavy atom. The molecule has 2 aromatic carbocycles. The highest BCUT2D eigenvalue weighted by Crippen LogP contribution is 2.26. The zero-order valence-electron chi connectivity index (χ0n) is 10.6. The number of rotatable bonds is 2. The molecule has 1 aromatic heterocycles. The first-order valence-electron chi connectivity index (χ1n) is 5.98. The molecule has 3 rings (SSSR count). The first-order chi connectivity index (χ1) is 10.1. The number of fused-ring (bicyclic) bond motifs is 1. The van der Waals surface area contributed by atoms with Gasteiger partial charge in [0.25, 0.3) is 11.6 Å². The Balaban J connectivity index is 2.10. The lowest BCUT2D eigenvalue weighted by atomic mass is 10.2. The second-order valence-electron chi connectivity index (χ2n) is 4.33. The van der Waals surface area contributed by atoms with Crippen LogP contribution < -0.4 is 0 Å². The van der Waals surface area contributed by atoms with E-state index in [9.17, 15) is 14.9 Å². The highest BCUT2D eigenvalue weighted by atomic mass is 35.5. The van der Waals surface area contributed by atoms with E-state index in [-0.39, 0.29) is 16.3 Å². The van der Waals surface area contributed by atoms with Gasteiger partial charge in [0.05, 0.1) is 16.0 Å². The molecule has 0 bridgehead atoms. The SMILES string of the molecule is O=C(c1ccc(Cl)c([N+](=O)[O-])c1)n1cnc2ccccc21. The van der Waals surface area contributed by atoms with Crippen molar-refractivity contribution in [3.05, 3.63) is 69.5 Å². The zero-order chi connectivity index (χ0) is 15.0. The van der Waals surface area contributed by atoms with Gasteiger partial charge in [-0.2, -0.15) is 0 Å². The Morgan fingerprint density at radius 2 is 2.00 bits per heavy atom. The summed E-state index contributed by atoms with van der Waals surface area (Å²) in [4.78, 5) is 26.9. The van der Waals surface area contributed by atoms with Crippen LogP contribution in [0.25, 0.3) is 11.0 Å². The molecule has 104 valence electrons. The number of nitrogens with zero attached hydrogens (tertiary/aromatic N) is 3. The third-order valence-electron chi connectivity index (χ3n) is 3.06. The number of hydrogen-bond acceptors (Lipinski definition) is 4. The molecule has 0 radical (unpaired) electrons. The number of aromatic nitrogens is 2. The van der Waals surface area contributed by atoms with Gasteiger partial charge in [-0.05, 0) is 24.3 Å². The van der Waals surface area contributed by atoms with Gasteiger partial charge in [-0.3, -0.25) is 19.5 Å². The molecule has 0 aliphatic carbocycles. The van der Waals surface area contributed by atoms with Crippen LogP contribution in [0.3, 0.4) is 0 Å². The van der Waals surface area contributed by atoms with Crippen LogP contribution in [0.5, 0.6) is 0 Å². The quantitative estimate of drug-likeness (QED) is 0.537. The number of carbonyl (C=O) groups is 1. The minimum Gasteiger partial charge on any atom is -0.268 e. The van der Waals surface area contributed by atoms with E-state index >= 15 is 0 Å². The van der Waals surface area contributed by atoms with E-state index in [1.165, 1.54) is 29.1 Å². The Hall–Kier alpha value is -2.73. The van der Waals surface area contributed by atoms with Gasteiger partial charge in [-0.25, -0.2) is 4.98 Å². The van der Waals surface area contributed by atoms with E-state index in [0.717, 1.165) is 0 Å². The molecule has 0 aliphatic heterocycles. The van der Waals surface area contributed by atoms with Crippen LogP contribution in [0.1, 0.15) is 10.4 Å². The molecule has 0 N–H and O–H groups in total. The summed E-state index contributed by atoms with van der Waals surface area (Å²) in [5.74, 6) is -0.400. The molecule has 7 heteroatoms. The van der Waals surface area contributed by atoms with Crippen molar-refractivity contribution >= 4 is 34.2 Å². The zero-order valence-corrected chi connectivity index (χ0v) is 11.3. The number of halogens is 1. The largest absolute Gasteiger partial charge is 0.288 e. The summed E-state index contributed by atoms with van der Waals surface area (Å²) >= 11 is 5.74. The van der Waals surface area contributed by atoms with Crippen molar-refractivity contribution in [2.24, 2.45) is 0 Å². The third-order valence-corrected chi connectivity index (χ3v) is 3.38. The van der Waals surface area contributed by atoms with Gasteiger partial charge in [0.15, 0.2) is 0 Å². The molecule has 3 aromatic rings. The van der Waals surface area contributed by atoms with Crippen molar-refractivity contribution in [1.82, 2.24) is 9.55 Å². The highest BCUT2D eigenvalue weighted by Gasteiger charge is 2.18. The number of carbonyl (C=O) groups excluding carboxylic acids is 1. The fourth-order valence-electron chi connectivity index (χ4n) is 2.05. The molecule has 1 heterocycles. The van der Waals surface area contributed by atoms with Crippen molar-refractivity contribution in [2.75, 3.05) is 0 Å². The number of para-hydroxylation sites is 2. The second kappa shape index (κ2) is 4.99. The smallest absolute Gasteiger partial charge is 0.268 e. The highest BCUT2D eigenvalue weighted by molar-refractivity contribution is 6.32. The summed E-state index contributed by atoms with van der Waals surface area (Å²) in [6.07, 6.45) is 1.40. The van der Waals surface area contributed by atoms with Crippen LogP contribution in [0.15, 0.2) is 48.8 Å². The number of imidazole rings is 1. The average molecular weight is 302 g/mol. The minimum atomic E-state index is -0.620. The number of benzene rings is 2. The van der Waals surface area contributed by atoms with E-state index in [4.69, 9.17) is 11.6 Å². The molecule has 21 heavy (non-hydrogen) atoms. The topological polar surface area (TPSA) is 78.0 Å². The average Bonchev–Trinajstić information content (AvgIpc) is 2.90. The summed E-state index contributed by atoms with van der Waals surface area (Å²) < 4.78 is 1.35. The van der Waals surface area contributed by atoms with Crippen LogP contribution in [-0.2, 0) is 0 Å². The Morgan fingerprint density at radius 3 is 2.76 bits per heavy atom. The fraction of sp³-hybridized carbons (Fsp3) is 0. The van der Waals surface area contributed by atoms with Crippen molar-refractivity contribution in [2.45, 2.75) is 0 Å². The van der Waals surface area contributed by atoms with Crippen LogP contribution >= 0.6 is 11.6 Å². The lowest BCUT2D eigenvalue weighted by molar-refractivity contribution is -0.384. The van der Waals surface area contributed by atoms with E-state index < -0.39 is 10.8 Å². The number of nitro benzene ring substituents is 1. The summed E-state index contributed by atoms with van der Waals surface area (Å²) in [7, 11) is 0. The van der Waals surface area contributed by atoms with Gasteiger partial charge in [0.2, 0.25) is 0 Å². The molecule has 0 saturated heterocycles. The maximum Gasteiger partial charge on any atom is 0.288 e. The molecular weight excluding hydrogens is 294 g/mol. The van der Waals surface area contributed by atoms with Crippen LogP contribution in [0.4, 0.5) is 5.69 Å². The summed E-state index contributed by atoms with van der Waals surface area (Å²) in [5, 5.41) is 10.9. The summed E-state index contributed by atoms with van der Waals surface area (Å²) in [6.45, 7) is 0. The van der Waals surface area contributed by atoms with E-state index in [0.29, 0.717) is 11.0 Å². The monoisotopic (exact) mass is 301 g/mol. The molecule has 0 amide bonds. The van der Waals surface area contributed by atoms with E-state index in [2.05, 4.69) is 4.98 Å². The molecule has 0 atom stereocenters. The molecule has 0 saturated carbocycles. The second-order valence-corrected chi connectivity index (χ2v) is 4.74. The van der Waals surface area contributed by atoms with Crippen molar-refractivity contribution in [3.8, 4) is 0 Å². The van der Waals surface area contributed by atoms with E-state index in [1.807, 2.05) is 6.07 Å². The predicted molar refractivity (Wildman–Crippen MR) is 77.6 cm³/mol. The van der Waals surface area contributed by atoms with Gasteiger partial charge < -0.3 is 0 Å². The van der Waals surface area contributed by atoms with Crippen LogP contribution in [-0.4, -0.2) is 20.4 Å². The summed E-state index contributed by atoms with van der Waals surface area (Å²) in [6, 6.07) is 11.1. The lowest BCUT2D eigenvalue weighted by Crippen LogP contribution is -2.11. The molecule has 0 spiro atoms. The van der Waals surface area contributed by atoms with Crippen LogP contribution in [0, 0.1) is 10.1 Å². The predicted octanol–water partition coefficient (Wildman–Crippen LogP) is 3.29. The Kier molecular flexibility index (Phi) is 3.15. The van der Waals surface area contributed by atoms with E-state index in [1.54, 1.807) is 18.2 Å². The van der Waals surface area contributed by atoms with Gasteiger partial charge in [-0.1, -0.05) is 23.7 Å². The van der Waals surface area contributed by atoms with Gasteiger partial charge in [0, 0.05) is 11.6 Å². The summed E-state index contributed by atoms with van der Waals surface area (Å²) in [5.41, 5.74) is 1.19. The van der Waals surface area contributed by atoms with Gasteiger partial charge >= 0.3 is 0 Å². The number of nitro groups is 1. The van der Waals surface area contributed by atoms with Crippen molar-refractivity contribution in [1.29, 1.82) is 0 Å². The van der Waals surface area contributed by atoms with Gasteiger partial charge in [-0.15, -0.1) is 0 Å². The van der Waals surface area contributed by atoms with Gasteiger partial charge in [0.1, 0.15) is 11.3 Å². The normalized spacial score (nSPS) is 10.7. The van der Waals surface area contributed by atoms with Crippen LogP contribution in [0.2, 0.25) is 5.02 Å². The standard InChI is InChI=1S/C14H8ClN3O3/c15-10-6-5-9(7-13(10)18(20)21)14(19)17-8-16-11-3-1-2-4-12(11)17/h1-8H. The molecular formula is C14H8ClN3O3. The Bertz CT molecular complexity index is 873. The molecule has 6 nitrogen and oxygen atoms in total. The molecule has 0 aliphatic rings. The maximum absolute atomic E-state index is 12.5. The Labute approximate surface area is 123 Å². The first-order valence-corrected chi connectivity index (χ1v) is 6.36. The third kappa shape index (κ3) is 2.25.